The van der Waals surface area contributed by atoms with Gasteiger partial charge < -0.3 is 5.11 Å². The molecule has 0 aromatic carbocycles. The lowest BCUT2D eigenvalue weighted by molar-refractivity contribution is 0.0538. The summed E-state index contributed by atoms with van der Waals surface area (Å²) in [5.41, 5.74) is 0. The molecule has 2 atom stereocenters. The fourth-order valence-electron chi connectivity index (χ4n) is 3.45. The van der Waals surface area contributed by atoms with Gasteiger partial charge in [-0.1, -0.05) is 57.1 Å². The Kier molecular flexibility index (Phi) is 5.45. The SMILES string of the molecule is C/C=C(\[C@H](C)[C@H](O)C1CCCCC1)[Si](C)(C)C. The van der Waals surface area contributed by atoms with Gasteiger partial charge in [0.15, 0.2) is 0 Å². The summed E-state index contributed by atoms with van der Waals surface area (Å²) in [6.45, 7) is 11.5. The largest absolute Gasteiger partial charge is 0.392 e. The fourth-order valence-corrected chi connectivity index (χ4v) is 5.85. The van der Waals surface area contributed by atoms with Crippen LogP contribution in [0.1, 0.15) is 46.0 Å². The summed E-state index contributed by atoms with van der Waals surface area (Å²) in [7, 11) is -1.27. The minimum atomic E-state index is -1.27. The maximum absolute atomic E-state index is 10.6. The van der Waals surface area contributed by atoms with Crippen LogP contribution in [0, 0.1) is 11.8 Å². The molecule has 0 radical (unpaired) electrons. The molecule has 1 rings (SSSR count). The van der Waals surface area contributed by atoms with Crippen molar-refractivity contribution in [3.05, 3.63) is 11.3 Å². The third-order valence-corrected chi connectivity index (χ3v) is 6.79. The van der Waals surface area contributed by atoms with Gasteiger partial charge in [0.2, 0.25) is 0 Å². The molecule has 1 fully saturated rings. The van der Waals surface area contributed by atoms with Gasteiger partial charge in [-0.05, 0) is 31.6 Å². The molecule has 1 aliphatic carbocycles. The van der Waals surface area contributed by atoms with E-state index in [0.717, 1.165) is 0 Å². The van der Waals surface area contributed by atoms with Gasteiger partial charge in [-0.25, -0.2) is 0 Å². The van der Waals surface area contributed by atoms with Crippen LogP contribution in [-0.2, 0) is 0 Å². The molecular weight excluding hydrogens is 224 g/mol. The highest BCUT2D eigenvalue weighted by atomic mass is 28.3. The second kappa shape index (κ2) is 6.19. The number of aliphatic hydroxyl groups is 1. The van der Waals surface area contributed by atoms with Crippen LogP contribution in [0.3, 0.4) is 0 Å². The number of hydrogen-bond acceptors (Lipinski definition) is 1. The van der Waals surface area contributed by atoms with Gasteiger partial charge >= 0.3 is 0 Å². The van der Waals surface area contributed by atoms with E-state index in [4.69, 9.17) is 0 Å². The van der Waals surface area contributed by atoms with E-state index in [1.807, 2.05) is 0 Å². The lowest BCUT2D eigenvalue weighted by Gasteiger charge is -2.35. The van der Waals surface area contributed by atoms with E-state index in [-0.39, 0.29) is 6.10 Å². The van der Waals surface area contributed by atoms with Crippen LogP contribution in [0.4, 0.5) is 0 Å². The molecule has 0 aliphatic heterocycles. The zero-order valence-corrected chi connectivity index (χ0v) is 13.3. The van der Waals surface area contributed by atoms with Crippen LogP contribution in [0.2, 0.25) is 19.6 Å². The van der Waals surface area contributed by atoms with Crippen molar-refractivity contribution < 1.29 is 5.11 Å². The first kappa shape index (κ1) is 15.0. The maximum atomic E-state index is 10.6. The second-order valence-electron chi connectivity index (χ2n) is 6.67. The van der Waals surface area contributed by atoms with Crippen molar-refractivity contribution in [1.29, 1.82) is 0 Å². The lowest BCUT2D eigenvalue weighted by atomic mass is 9.81. The molecule has 0 saturated heterocycles. The van der Waals surface area contributed by atoms with Gasteiger partial charge in [0.05, 0.1) is 14.2 Å². The van der Waals surface area contributed by atoms with Crippen molar-refractivity contribution in [2.75, 3.05) is 0 Å². The monoisotopic (exact) mass is 254 g/mol. The minimum absolute atomic E-state index is 0.117. The maximum Gasteiger partial charge on any atom is 0.0724 e. The first-order valence-corrected chi connectivity index (χ1v) is 10.7. The van der Waals surface area contributed by atoms with Crippen LogP contribution in [-0.4, -0.2) is 19.3 Å². The Balaban J connectivity index is 2.70. The number of aliphatic hydroxyl groups excluding tert-OH is 1. The van der Waals surface area contributed by atoms with Crippen molar-refractivity contribution in [2.45, 2.75) is 71.7 Å². The molecule has 0 aromatic heterocycles. The summed E-state index contributed by atoms with van der Waals surface area (Å²) in [5.74, 6) is 0.903. The van der Waals surface area contributed by atoms with Crippen LogP contribution in [0.15, 0.2) is 11.3 Å². The Hall–Kier alpha value is -0.0831. The van der Waals surface area contributed by atoms with Crippen molar-refractivity contribution in [2.24, 2.45) is 11.8 Å². The second-order valence-corrected chi connectivity index (χ2v) is 11.7. The normalized spacial score (nSPS) is 23.5. The Morgan fingerprint density at radius 3 is 2.12 bits per heavy atom. The topological polar surface area (TPSA) is 20.2 Å². The highest BCUT2D eigenvalue weighted by molar-refractivity contribution is 6.83. The smallest absolute Gasteiger partial charge is 0.0724 e. The molecular formula is C15H30OSi. The van der Waals surface area contributed by atoms with E-state index in [1.165, 1.54) is 37.3 Å². The standard InChI is InChI=1S/C15H30OSi/c1-6-14(17(3,4)5)12(2)15(16)13-10-8-7-9-11-13/h6,12-13,15-16H,7-11H2,1-5H3/b14-6+/t12-,15-/m0/s1. The molecule has 0 amide bonds. The van der Waals surface area contributed by atoms with Gasteiger partial charge in [0.1, 0.15) is 0 Å². The highest BCUT2D eigenvalue weighted by Gasteiger charge is 2.32. The Morgan fingerprint density at radius 2 is 1.71 bits per heavy atom. The molecule has 2 heteroatoms. The molecule has 0 unspecified atom stereocenters. The third-order valence-electron chi connectivity index (χ3n) is 4.31. The Bertz CT molecular complexity index is 259. The molecule has 0 spiro atoms. The Labute approximate surface area is 108 Å². The van der Waals surface area contributed by atoms with E-state index in [0.29, 0.717) is 11.8 Å². The van der Waals surface area contributed by atoms with Crippen molar-refractivity contribution in [3.8, 4) is 0 Å². The molecule has 17 heavy (non-hydrogen) atoms. The molecule has 1 N–H and O–H groups in total. The Morgan fingerprint density at radius 1 is 1.18 bits per heavy atom. The van der Waals surface area contributed by atoms with Gasteiger partial charge in [0, 0.05) is 0 Å². The number of allylic oxidation sites excluding steroid dienone is 1. The summed E-state index contributed by atoms with van der Waals surface area (Å²) in [5, 5.41) is 12.1. The third kappa shape index (κ3) is 3.96. The van der Waals surface area contributed by atoms with Crippen molar-refractivity contribution in [3.63, 3.8) is 0 Å². The molecule has 0 bridgehead atoms. The lowest BCUT2D eigenvalue weighted by Crippen LogP contribution is -2.37. The fraction of sp³-hybridized carbons (Fsp3) is 0.867. The predicted octanol–water partition coefficient (Wildman–Crippen LogP) is 4.39. The molecule has 1 saturated carbocycles. The quantitative estimate of drug-likeness (QED) is 0.738. The molecule has 100 valence electrons. The van der Waals surface area contributed by atoms with Crippen LogP contribution in [0.5, 0.6) is 0 Å². The average molecular weight is 254 g/mol. The van der Waals surface area contributed by atoms with Crippen LogP contribution < -0.4 is 0 Å². The van der Waals surface area contributed by atoms with Crippen molar-refractivity contribution in [1.82, 2.24) is 0 Å². The number of hydrogen-bond donors (Lipinski definition) is 1. The summed E-state index contributed by atoms with van der Waals surface area (Å²) < 4.78 is 0. The molecule has 1 nitrogen and oxygen atoms in total. The molecule has 0 heterocycles. The van der Waals surface area contributed by atoms with Gasteiger partial charge in [-0.3, -0.25) is 0 Å². The van der Waals surface area contributed by atoms with Crippen molar-refractivity contribution >= 4 is 8.07 Å². The summed E-state index contributed by atoms with van der Waals surface area (Å²) in [4.78, 5) is 0. The highest BCUT2D eigenvalue weighted by Crippen LogP contribution is 2.34. The summed E-state index contributed by atoms with van der Waals surface area (Å²) in [6, 6.07) is 0. The predicted molar refractivity (Wildman–Crippen MR) is 78.8 cm³/mol. The van der Waals surface area contributed by atoms with E-state index in [9.17, 15) is 5.11 Å². The zero-order chi connectivity index (χ0) is 13.1. The van der Waals surface area contributed by atoms with Gasteiger partial charge in [0.25, 0.3) is 0 Å². The summed E-state index contributed by atoms with van der Waals surface area (Å²) in [6.07, 6.45) is 8.60. The average Bonchev–Trinajstić information content (AvgIpc) is 2.28. The molecule has 0 aromatic rings. The van der Waals surface area contributed by atoms with Gasteiger partial charge in [-0.15, -0.1) is 0 Å². The zero-order valence-electron chi connectivity index (χ0n) is 12.3. The van der Waals surface area contributed by atoms with E-state index < -0.39 is 8.07 Å². The summed E-state index contributed by atoms with van der Waals surface area (Å²) >= 11 is 0. The van der Waals surface area contributed by atoms with Gasteiger partial charge in [-0.2, -0.15) is 0 Å². The van der Waals surface area contributed by atoms with Crippen LogP contribution in [0.25, 0.3) is 0 Å². The molecule has 1 aliphatic rings. The van der Waals surface area contributed by atoms with E-state index >= 15 is 0 Å². The van der Waals surface area contributed by atoms with E-state index in [1.54, 1.807) is 0 Å². The minimum Gasteiger partial charge on any atom is -0.392 e. The van der Waals surface area contributed by atoms with E-state index in [2.05, 4.69) is 39.6 Å². The first-order valence-electron chi connectivity index (χ1n) is 7.22. The first-order chi connectivity index (χ1) is 7.88. The number of rotatable bonds is 4. The van der Waals surface area contributed by atoms with Crippen LogP contribution >= 0.6 is 0 Å².